The summed E-state index contributed by atoms with van der Waals surface area (Å²) in [5.41, 5.74) is 4.67. The number of nitrogens with zero attached hydrogens (tertiary/aromatic N) is 2. The molecule has 2 rings (SSSR count). The van der Waals surface area contributed by atoms with Crippen LogP contribution in [0.2, 0.25) is 0 Å². The van der Waals surface area contributed by atoms with Crippen LogP contribution in [0, 0.1) is 5.92 Å². The fourth-order valence-electron chi connectivity index (χ4n) is 2.94. The lowest BCUT2D eigenvalue weighted by molar-refractivity contribution is 0.241. The Balaban J connectivity index is 2.17. The van der Waals surface area contributed by atoms with Gasteiger partial charge in [0.1, 0.15) is 0 Å². The van der Waals surface area contributed by atoms with Crippen LogP contribution in [0.4, 0.5) is 0 Å². The summed E-state index contributed by atoms with van der Waals surface area (Å²) in [6.07, 6.45) is 14.1. The Bertz CT molecular complexity index is 546. The van der Waals surface area contributed by atoms with Crippen molar-refractivity contribution >= 4 is 0 Å². The van der Waals surface area contributed by atoms with Gasteiger partial charge >= 0.3 is 0 Å². The summed E-state index contributed by atoms with van der Waals surface area (Å²) in [5, 5.41) is 0. The molecule has 1 fully saturated rings. The van der Waals surface area contributed by atoms with E-state index in [1.807, 2.05) is 0 Å². The lowest BCUT2D eigenvalue weighted by atomic mass is 9.97. The first-order valence-electron chi connectivity index (χ1n) is 8.03. The molecular weight excluding hydrogens is 268 g/mol. The zero-order valence-corrected chi connectivity index (χ0v) is 14.0. The van der Waals surface area contributed by atoms with E-state index in [2.05, 4.69) is 74.0 Å². The van der Waals surface area contributed by atoms with Gasteiger partial charge in [-0.05, 0) is 36.8 Å². The van der Waals surface area contributed by atoms with Crippen LogP contribution in [0.25, 0.3) is 0 Å². The fraction of sp³-hybridized carbons (Fsp3) is 0.400. The number of likely N-dealkylation sites (N-methyl/N-ethyl adjacent to an activating group) is 1. The van der Waals surface area contributed by atoms with E-state index in [1.54, 1.807) is 0 Å². The average molecular weight is 296 g/mol. The molecule has 2 nitrogen and oxygen atoms in total. The van der Waals surface area contributed by atoms with Crippen molar-refractivity contribution in [1.82, 2.24) is 9.80 Å². The molecule has 0 amide bonds. The summed E-state index contributed by atoms with van der Waals surface area (Å²) in [5.74, 6) is 0.575. The molecule has 0 saturated carbocycles. The Morgan fingerprint density at radius 3 is 2.73 bits per heavy atom. The summed E-state index contributed by atoms with van der Waals surface area (Å²) < 4.78 is 0. The fourth-order valence-corrected chi connectivity index (χ4v) is 2.94. The highest BCUT2D eigenvalue weighted by Crippen LogP contribution is 2.26. The van der Waals surface area contributed by atoms with E-state index < -0.39 is 0 Å². The number of hydrogen-bond donors (Lipinski definition) is 0. The standard InChI is InChI=1S/C20H28N2/c1-6-18-8-7-13-22(15-18)17(3)20(21(4)5)14-19-11-9-16(2)10-12-19/h6,9,11-12,14,18H,1-3,7-8,10,13,15H2,4-5H3/b20-14-. The molecule has 1 heterocycles. The molecule has 0 bridgehead atoms. The second-order valence-corrected chi connectivity index (χ2v) is 6.35. The van der Waals surface area contributed by atoms with Crippen molar-refractivity contribution in [2.75, 3.05) is 27.2 Å². The van der Waals surface area contributed by atoms with Crippen LogP contribution in [0.3, 0.4) is 0 Å². The van der Waals surface area contributed by atoms with Gasteiger partial charge < -0.3 is 9.80 Å². The van der Waals surface area contributed by atoms with Gasteiger partial charge in [0.2, 0.25) is 0 Å². The van der Waals surface area contributed by atoms with Crippen LogP contribution in [0.1, 0.15) is 19.3 Å². The van der Waals surface area contributed by atoms with Gasteiger partial charge in [0, 0.05) is 27.2 Å². The topological polar surface area (TPSA) is 6.48 Å². The zero-order valence-electron chi connectivity index (χ0n) is 14.0. The molecule has 0 aromatic carbocycles. The van der Waals surface area contributed by atoms with Crippen molar-refractivity contribution < 1.29 is 0 Å². The minimum Gasteiger partial charge on any atom is -0.376 e. The molecule has 0 radical (unpaired) electrons. The smallest absolute Gasteiger partial charge is 0.0598 e. The predicted molar refractivity (Wildman–Crippen MR) is 96.4 cm³/mol. The van der Waals surface area contributed by atoms with Gasteiger partial charge in [0.15, 0.2) is 0 Å². The van der Waals surface area contributed by atoms with E-state index in [9.17, 15) is 0 Å². The Morgan fingerprint density at radius 2 is 2.14 bits per heavy atom. The first-order chi connectivity index (χ1) is 10.5. The molecule has 1 unspecified atom stereocenters. The van der Waals surface area contributed by atoms with Crippen molar-refractivity contribution in [2.24, 2.45) is 5.92 Å². The van der Waals surface area contributed by atoms with Gasteiger partial charge in [-0.2, -0.15) is 0 Å². The maximum Gasteiger partial charge on any atom is 0.0598 e. The lowest BCUT2D eigenvalue weighted by Crippen LogP contribution is -2.36. The van der Waals surface area contributed by atoms with Crippen molar-refractivity contribution in [3.05, 3.63) is 72.7 Å². The first kappa shape index (κ1) is 16.4. The molecule has 1 aliphatic heterocycles. The second-order valence-electron chi connectivity index (χ2n) is 6.35. The molecule has 0 aromatic heterocycles. The summed E-state index contributed by atoms with van der Waals surface area (Å²) in [4.78, 5) is 4.55. The van der Waals surface area contributed by atoms with Crippen LogP contribution in [0.15, 0.2) is 72.7 Å². The normalized spacial score (nSPS) is 22.4. The Kier molecular flexibility index (Phi) is 5.48. The van der Waals surface area contributed by atoms with E-state index in [0.717, 1.165) is 30.8 Å². The van der Waals surface area contributed by atoms with E-state index in [4.69, 9.17) is 0 Å². The van der Waals surface area contributed by atoms with E-state index >= 15 is 0 Å². The van der Waals surface area contributed by atoms with Gasteiger partial charge in [0.25, 0.3) is 0 Å². The Labute approximate surface area is 135 Å². The first-order valence-corrected chi connectivity index (χ1v) is 8.03. The Morgan fingerprint density at radius 1 is 1.36 bits per heavy atom. The Hall–Kier alpha value is -1.96. The number of hydrogen-bond acceptors (Lipinski definition) is 2. The molecule has 0 N–H and O–H groups in total. The van der Waals surface area contributed by atoms with Gasteiger partial charge in [-0.3, -0.25) is 0 Å². The van der Waals surface area contributed by atoms with Crippen LogP contribution in [-0.2, 0) is 0 Å². The highest BCUT2D eigenvalue weighted by molar-refractivity contribution is 5.44. The number of likely N-dealkylation sites (tertiary alicyclic amines) is 1. The average Bonchev–Trinajstić information content (AvgIpc) is 2.53. The second kappa shape index (κ2) is 7.35. The number of piperidine rings is 1. The van der Waals surface area contributed by atoms with E-state index in [-0.39, 0.29) is 0 Å². The molecule has 1 saturated heterocycles. The van der Waals surface area contributed by atoms with E-state index in [1.165, 1.54) is 24.1 Å². The molecule has 0 spiro atoms. The third-order valence-corrected chi connectivity index (χ3v) is 4.37. The minimum absolute atomic E-state index is 0.575. The molecule has 118 valence electrons. The van der Waals surface area contributed by atoms with Crippen molar-refractivity contribution in [1.29, 1.82) is 0 Å². The molecular formula is C20H28N2. The van der Waals surface area contributed by atoms with Crippen LogP contribution >= 0.6 is 0 Å². The quantitative estimate of drug-likeness (QED) is 0.552. The summed E-state index contributed by atoms with van der Waals surface area (Å²) >= 11 is 0. The maximum atomic E-state index is 4.36. The van der Waals surface area contributed by atoms with Crippen LogP contribution < -0.4 is 0 Å². The van der Waals surface area contributed by atoms with Gasteiger partial charge in [-0.15, -0.1) is 6.58 Å². The summed E-state index contributed by atoms with van der Waals surface area (Å²) in [6, 6.07) is 0. The lowest BCUT2D eigenvalue weighted by Gasteiger charge is -2.36. The summed E-state index contributed by atoms with van der Waals surface area (Å²) in [7, 11) is 4.16. The molecule has 2 aliphatic rings. The predicted octanol–water partition coefficient (Wildman–Crippen LogP) is 4.29. The van der Waals surface area contributed by atoms with Crippen molar-refractivity contribution in [3.8, 4) is 0 Å². The van der Waals surface area contributed by atoms with Crippen LogP contribution in [-0.4, -0.2) is 37.0 Å². The highest BCUT2D eigenvalue weighted by Gasteiger charge is 2.21. The van der Waals surface area contributed by atoms with Crippen LogP contribution in [0.5, 0.6) is 0 Å². The van der Waals surface area contributed by atoms with Gasteiger partial charge in [0.05, 0.1) is 11.4 Å². The molecule has 2 heteroatoms. The van der Waals surface area contributed by atoms with Gasteiger partial charge in [-0.25, -0.2) is 0 Å². The van der Waals surface area contributed by atoms with Gasteiger partial charge in [-0.1, -0.05) is 43.0 Å². The molecule has 0 aromatic rings. The highest BCUT2D eigenvalue weighted by atomic mass is 15.2. The largest absolute Gasteiger partial charge is 0.376 e. The molecule has 1 atom stereocenters. The monoisotopic (exact) mass is 296 g/mol. The number of allylic oxidation sites excluding steroid dienone is 6. The van der Waals surface area contributed by atoms with Crippen molar-refractivity contribution in [2.45, 2.75) is 19.3 Å². The molecule has 1 aliphatic carbocycles. The third kappa shape index (κ3) is 4.03. The SMILES string of the molecule is C=CC1CCCN(C(=C)/C(=C/C2=CCC(=C)C=C2)N(C)C)C1. The zero-order chi connectivity index (χ0) is 16.1. The minimum atomic E-state index is 0.575. The molecule has 22 heavy (non-hydrogen) atoms. The third-order valence-electron chi connectivity index (χ3n) is 4.37. The maximum absolute atomic E-state index is 4.36. The van der Waals surface area contributed by atoms with E-state index in [0.29, 0.717) is 5.92 Å². The summed E-state index contributed by atoms with van der Waals surface area (Å²) in [6.45, 7) is 14.4. The number of rotatable bonds is 5. The van der Waals surface area contributed by atoms with Crippen molar-refractivity contribution in [3.63, 3.8) is 0 Å².